The summed E-state index contributed by atoms with van der Waals surface area (Å²) in [5.74, 6) is -1.32. The Bertz CT molecular complexity index is 306. The molecule has 12 heavy (non-hydrogen) atoms. The zero-order valence-electron chi connectivity index (χ0n) is 6.67. The second kappa shape index (κ2) is 3.15. The fraction of sp³-hybridized carbons (Fsp3) is 0.429. The highest BCUT2D eigenvalue weighted by molar-refractivity contribution is 6.27. The van der Waals surface area contributed by atoms with Gasteiger partial charge in [-0.3, -0.25) is 0 Å². The monoisotopic (exact) mass is 189 g/mol. The molecule has 0 saturated carbocycles. The van der Waals surface area contributed by atoms with E-state index in [9.17, 15) is 4.79 Å². The van der Waals surface area contributed by atoms with Crippen molar-refractivity contribution in [3.05, 3.63) is 16.8 Å². The lowest BCUT2D eigenvalue weighted by Gasteiger charge is -1.98. The molecule has 0 unspecified atom stereocenters. The molecule has 1 rings (SSSR count). The predicted octanol–water partition coefficient (Wildman–Crippen LogP) is 2.15. The first-order chi connectivity index (χ1) is 5.52. The van der Waals surface area contributed by atoms with Crippen molar-refractivity contribution < 1.29 is 14.3 Å². The number of rotatable bonds is 2. The summed E-state index contributed by atoms with van der Waals surface area (Å²) < 4.78 is 4.69. The van der Waals surface area contributed by atoms with Crippen LogP contribution < -0.4 is 0 Å². The van der Waals surface area contributed by atoms with Gasteiger partial charge >= 0.3 is 5.97 Å². The van der Waals surface area contributed by atoms with E-state index in [4.69, 9.17) is 21.1 Å². The summed E-state index contributed by atoms with van der Waals surface area (Å²) in [5, 5.41) is 8.51. The molecule has 4 nitrogen and oxygen atoms in total. The van der Waals surface area contributed by atoms with Crippen LogP contribution in [0.3, 0.4) is 0 Å². The van der Waals surface area contributed by atoms with Crippen molar-refractivity contribution in [2.45, 2.75) is 19.8 Å². The first-order valence-corrected chi connectivity index (χ1v) is 3.79. The summed E-state index contributed by atoms with van der Waals surface area (Å²) in [4.78, 5) is 14.3. The lowest BCUT2D eigenvalue weighted by atomic mass is 10.1. The normalized spacial score (nSPS) is 10.7. The van der Waals surface area contributed by atoms with Gasteiger partial charge < -0.3 is 9.52 Å². The number of carbonyl (C=O) groups is 1. The van der Waals surface area contributed by atoms with Gasteiger partial charge in [0.2, 0.25) is 5.76 Å². The number of aromatic carboxylic acids is 1. The molecule has 0 saturated heterocycles. The van der Waals surface area contributed by atoms with E-state index in [2.05, 4.69) is 4.98 Å². The van der Waals surface area contributed by atoms with Gasteiger partial charge in [0.15, 0.2) is 0 Å². The average molecular weight is 190 g/mol. The molecule has 0 amide bonds. The highest BCUT2D eigenvalue weighted by Gasteiger charge is 2.20. The third-order valence-corrected chi connectivity index (χ3v) is 1.53. The van der Waals surface area contributed by atoms with E-state index in [0.717, 1.165) is 0 Å². The molecule has 0 aliphatic carbocycles. The van der Waals surface area contributed by atoms with E-state index in [0.29, 0.717) is 5.69 Å². The molecule has 0 spiro atoms. The number of aromatic nitrogens is 1. The van der Waals surface area contributed by atoms with Crippen LogP contribution in [0.5, 0.6) is 0 Å². The Labute approximate surface area is 74.2 Å². The van der Waals surface area contributed by atoms with Gasteiger partial charge in [0, 0.05) is 0 Å². The second-order valence-electron chi connectivity index (χ2n) is 2.64. The number of oxazole rings is 1. The number of nitrogens with zero attached hydrogens (tertiary/aromatic N) is 1. The summed E-state index contributed by atoms with van der Waals surface area (Å²) in [6.45, 7) is 3.64. The Balaban J connectivity index is 3.17. The van der Waals surface area contributed by atoms with Crippen molar-refractivity contribution in [3.8, 4) is 0 Å². The van der Waals surface area contributed by atoms with Crippen molar-refractivity contribution in [1.29, 1.82) is 0 Å². The van der Waals surface area contributed by atoms with Crippen molar-refractivity contribution in [1.82, 2.24) is 4.98 Å². The largest absolute Gasteiger partial charge is 0.475 e. The number of carboxylic acids is 1. The molecule has 0 aromatic carbocycles. The topological polar surface area (TPSA) is 63.3 Å². The van der Waals surface area contributed by atoms with Gasteiger partial charge in [-0.15, -0.1) is 0 Å². The van der Waals surface area contributed by atoms with E-state index < -0.39 is 5.97 Å². The van der Waals surface area contributed by atoms with Gasteiger partial charge in [0.05, 0.1) is 5.69 Å². The molecular weight excluding hydrogens is 182 g/mol. The van der Waals surface area contributed by atoms with Crippen molar-refractivity contribution in [3.63, 3.8) is 0 Å². The molecule has 0 aliphatic heterocycles. The molecule has 0 aliphatic rings. The standard InChI is InChI=1S/C7H8ClNO3/c1-3(2)4-5(6(10)11)12-7(8)9-4/h3H,1-2H3,(H,10,11). The molecule has 1 N–H and O–H groups in total. The first-order valence-electron chi connectivity index (χ1n) is 3.42. The summed E-state index contributed by atoms with van der Waals surface area (Å²) in [7, 11) is 0. The Hall–Kier alpha value is -1.03. The zero-order valence-corrected chi connectivity index (χ0v) is 7.42. The molecule has 0 atom stereocenters. The van der Waals surface area contributed by atoms with Crippen LogP contribution in [-0.4, -0.2) is 16.1 Å². The molecule has 1 aromatic heterocycles. The molecular formula is C7H8ClNO3. The summed E-state index contributed by atoms with van der Waals surface area (Å²) in [6, 6.07) is 0. The molecule has 0 radical (unpaired) electrons. The summed E-state index contributed by atoms with van der Waals surface area (Å²) in [6.07, 6.45) is 0. The van der Waals surface area contributed by atoms with Crippen molar-refractivity contribution in [2.75, 3.05) is 0 Å². The van der Waals surface area contributed by atoms with E-state index in [1.54, 1.807) is 0 Å². The van der Waals surface area contributed by atoms with E-state index in [1.807, 2.05) is 13.8 Å². The minimum atomic E-state index is -1.14. The van der Waals surface area contributed by atoms with Crippen LogP contribution in [0.25, 0.3) is 0 Å². The second-order valence-corrected chi connectivity index (χ2v) is 2.96. The number of hydrogen-bond acceptors (Lipinski definition) is 3. The third kappa shape index (κ3) is 1.58. The SMILES string of the molecule is CC(C)c1nc(Cl)oc1C(=O)O. The van der Waals surface area contributed by atoms with Crippen LogP contribution >= 0.6 is 11.6 Å². The zero-order chi connectivity index (χ0) is 9.30. The maximum absolute atomic E-state index is 10.5. The highest BCUT2D eigenvalue weighted by Crippen LogP contribution is 2.22. The quantitative estimate of drug-likeness (QED) is 0.774. The Morgan fingerprint density at radius 1 is 1.67 bits per heavy atom. The van der Waals surface area contributed by atoms with Gasteiger partial charge in [-0.05, 0) is 17.5 Å². The molecule has 0 bridgehead atoms. The highest BCUT2D eigenvalue weighted by atomic mass is 35.5. The van der Waals surface area contributed by atoms with E-state index >= 15 is 0 Å². The number of hydrogen-bond donors (Lipinski definition) is 1. The number of carboxylic acid groups (broad SMARTS) is 1. The Morgan fingerprint density at radius 2 is 2.25 bits per heavy atom. The average Bonchev–Trinajstić information content (AvgIpc) is 2.31. The van der Waals surface area contributed by atoms with E-state index in [1.165, 1.54) is 0 Å². The predicted molar refractivity (Wildman–Crippen MR) is 42.6 cm³/mol. The Morgan fingerprint density at radius 3 is 2.58 bits per heavy atom. The Kier molecular flexibility index (Phi) is 2.38. The van der Waals surface area contributed by atoms with Crippen LogP contribution in [0.15, 0.2) is 4.42 Å². The maximum atomic E-state index is 10.5. The van der Waals surface area contributed by atoms with Crippen LogP contribution in [-0.2, 0) is 0 Å². The number of halogens is 1. The van der Waals surface area contributed by atoms with Gasteiger partial charge in [0.25, 0.3) is 5.35 Å². The van der Waals surface area contributed by atoms with Gasteiger partial charge in [-0.1, -0.05) is 13.8 Å². The van der Waals surface area contributed by atoms with Crippen LogP contribution in [0.1, 0.15) is 36.0 Å². The first kappa shape index (κ1) is 9.06. The van der Waals surface area contributed by atoms with Gasteiger partial charge in [0.1, 0.15) is 0 Å². The molecule has 66 valence electrons. The third-order valence-electron chi connectivity index (χ3n) is 1.37. The molecule has 1 aromatic rings. The van der Waals surface area contributed by atoms with Crippen LogP contribution in [0.2, 0.25) is 5.35 Å². The summed E-state index contributed by atoms with van der Waals surface area (Å²) in [5.41, 5.74) is 0.382. The van der Waals surface area contributed by atoms with Gasteiger partial charge in [-0.2, -0.15) is 0 Å². The van der Waals surface area contributed by atoms with E-state index in [-0.39, 0.29) is 17.0 Å². The summed E-state index contributed by atoms with van der Waals surface area (Å²) >= 11 is 5.41. The minimum Gasteiger partial charge on any atom is -0.475 e. The minimum absolute atomic E-state index is 0.00708. The lowest BCUT2D eigenvalue weighted by molar-refractivity contribution is 0.0660. The van der Waals surface area contributed by atoms with Crippen LogP contribution in [0, 0.1) is 0 Å². The van der Waals surface area contributed by atoms with Crippen molar-refractivity contribution >= 4 is 17.6 Å². The molecule has 1 heterocycles. The van der Waals surface area contributed by atoms with Crippen LogP contribution in [0.4, 0.5) is 0 Å². The van der Waals surface area contributed by atoms with Crippen molar-refractivity contribution in [2.24, 2.45) is 0 Å². The fourth-order valence-corrected chi connectivity index (χ4v) is 1.02. The molecule has 0 fully saturated rings. The van der Waals surface area contributed by atoms with Gasteiger partial charge in [-0.25, -0.2) is 9.78 Å². The molecule has 5 heteroatoms. The maximum Gasteiger partial charge on any atom is 0.373 e. The smallest absolute Gasteiger partial charge is 0.373 e. The fourth-order valence-electron chi connectivity index (χ4n) is 0.849. The lowest BCUT2D eigenvalue weighted by Crippen LogP contribution is -2.01.